The fourth-order valence-corrected chi connectivity index (χ4v) is 1.22. The third-order valence-electron chi connectivity index (χ3n) is 2.05. The van der Waals surface area contributed by atoms with Crippen molar-refractivity contribution in [2.24, 2.45) is 0 Å². The molecule has 0 aliphatic carbocycles. The highest BCUT2D eigenvalue weighted by molar-refractivity contribution is 5.94. The number of nitrogens with one attached hydrogen (secondary N) is 1. The van der Waals surface area contributed by atoms with Crippen LogP contribution in [0.3, 0.4) is 0 Å². The molecule has 2 nitrogen and oxygen atoms in total. The molecule has 0 heterocycles. The van der Waals surface area contributed by atoms with Crippen molar-refractivity contribution in [3.63, 3.8) is 0 Å². The monoisotopic (exact) mass is 190 g/mol. The number of carbonyl (C=O) groups is 1. The third kappa shape index (κ3) is 3.60. The molecule has 0 bridgehead atoms. The molecule has 0 aromatic heterocycles. The van der Waals surface area contributed by atoms with Crippen LogP contribution in [0.15, 0.2) is 24.3 Å². The lowest BCUT2D eigenvalue weighted by atomic mass is 10.2. The maximum atomic E-state index is 11.5. The van der Waals surface area contributed by atoms with Gasteiger partial charge in [0.1, 0.15) is 0 Å². The van der Waals surface area contributed by atoms with Crippen LogP contribution in [0, 0.1) is 6.07 Å². The molecule has 1 radical (unpaired) electrons. The summed E-state index contributed by atoms with van der Waals surface area (Å²) >= 11 is 0. The van der Waals surface area contributed by atoms with Crippen molar-refractivity contribution in [2.75, 3.05) is 6.54 Å². The molecule has 0 aliphatic heterocycles. The highest BCUT2D eigenvalue weighted by Crippen LogP contribution is 1.98. The number of hydrogen-bond acceptors (Lipinski definition) is 1. The van der Waals surface area contributed by atoms with E-state index in [-0.39, 0.29) is 5.91 Å². The van der Waals surface area contributed by atoms with Gasteiger partial charge in [0.25, 0.3) is 5.91 Å². The summed E-state index contributed by atoms with van der Waals surface area (Å²) in [5.74, 6) is 0.00935. The molecule has 0 saturated heterocycles. The van der Waals surface area contributed by atoms with Crippen LogP contribution >= 0.6 is 0 Å². The average Bonchev–Trinajstić information content (AvgIpc) is 2.25. The lowest BCUT2D eigenvalue weighted by Crippen LogP contribution is -2.24. The minimum Gasteiger partial charge on any atom is -0.352 e. The van der Waals surface area contributed by atoms with Crippen molar-refractivity contribution in [1.29, 1.82) is 0 Å². The van der Waals surface area contributed by atoms with E-state index in [1.54, 1.807) is 24.3 Å². The Morgan fingerprint density at radius 3 is 2.71 bits per heavy atom. The smallest absolute Gasteiger partial charge is 0.251 e. The summed E-state index contributed by atoms with van der Waals surface area (Å²) in [6.45, 7) is 2.92. The van der Waals surface area contributed by atoms with E-state index in [0.717, 1.165) is 13.0 Å². The first-order chi connectivity index (χ1) is 6.84. The predicted octanol–water partition coefficient (Wildman–Crippen LogP) is 2.41. The highest BCUT2D eigenvalue weighted by atomic mass is 16.1. The summed E-state index contributed by atoms with van der Waals surface area (Å²) in [5.41, 5.74) is 0.709. The van der Waals surface area contributed by atoms with Crippen molar-refractivity contribution < 1.29 is 4.79 Å². The number of amides is 1. The molecule has 75 valence electrons. The molecule has 1 N–H and O–H groups in total. The molecule has 0 unspecified atom stereocenters. The van der Waals surface area contributed by atoms with Gasteiger partial charge in [-0.2, -0.15) is 0 Å². The van der Waals surface area contributed by atoms with Crippen LogP contribution in [0.5, 0.6) is 0 Å². The SMILES string of the molecule is CCCCCNC(=O)c1cc[c]cc1. The normalized spacial score (nSPS) is 9.79. The third-order valence-corrected chi connectivity index (χ3v) is 2.05. The molecule has 1 aromatic carbocycles. The van der Waals surface area contributed by atoms with Gasteiger partial charge >= 0.3 is 0 Å². The minimum absolute atomic E-state index is 0.00935. The summed E-state index contributed by atoms with van der Waals surface area (Å²) in [7, 11) is 0. The van der Waals surface area contributed by atoms with E-state index in [9.17, 15) is 4.79 Å². The van der Waals surface area contributed by atoms with Crippen LogP contribution in [0.1, 0.15) is 36.5 Å². The molecule has 0 spiro atoms. The van der Waals surface area contributed by atoms with Gasteiger partial charge in [-0.1, -0.05) is 31.9 Å². The van der Waals surface area contributed by atoms with Gasteiger partial charge in [-0.15, -0.1) is 0 Å². The largest absolute Gasteiger partial charge is 0.352 e. The van der Waals surface area contributed by atoms with Gasteiger partial charge in [0, 0.05) is 12.1 Å². The Bertz CT molecular complexity index is 269. The molecule has 0 atom stereocenters. The lowest BCUT2D eigenvalue weighted by Gasteiger charge is -2.03. The molecule has 0 fully saturated rings. The second kappa shape index (κ2) is 6.19. The van der Waals surface area contributed by atoms with E-state index < -0.39 is 0 Å². The number of hydrogen-bond donors (Lipinski definition) is 1. The van der Waals surface area contributed by atoms with E-state index in [0.29, 0.717) is 5.56 Å². The van der Waals surface area contributed by atoms with Crippen LogP contribution < -0.4 is 5.32 Å². The van der Waals surface area contributed by atoms with Gasteiger partial charge in [-0.05, 0) is 24.6 Å². The number of carbonyl (C=O) groups excluding carboxylic acids is 1. The van der Waals surface area contributed by atoms with Gasteiger partial charge < -0.3 is 5.32 Å². The fraction of sp³-hybridized carbons (Fsp3) is 0.417. The van der Waals surface area contributed by atoms with Gasteiger partial charge in [0.05, 0.1) is 0 Å². The Hall–Kier alpha value is -1.31. The standard InChI is InChI=1S/C12H16NO/c1-2-3-7-10-13-12(14)11-8-5-4-6-9-11/h5-6,8-9H,2-3,7,10H2,1H3,(H,13,14). The molecular formula is C12H16NO. The summed E-state index contributed by atoms with van der Waals surface area (Å²) in [4.78, 5) is 11.5. The first kappa shape index (κ1) is 10.8. The molecule has 0 saturated carbocycles. The Kier molecular flexibility index (Phi) is 4.76. The summed E-state index contributed by atoms with van der Waals surface area (Å²) in [5, 5.41) is 2.88. The van der Waals surface area contributed by atoms with Crippen molar-refractivity contribution >= 4 is 5.91 Å². The van der Waals surface area contributed by atoms with E-state index in [2.05, 4.69) is 18.3 Å². The van der Waals surface area contributed by atoms with E-state index in [1.165, 1.54) is 12.8 Å². The van der Waals surface area contributed by atoms with Crippen molar-refractivity contribution in [1.82, 2.24) is 5.32 Å². The zero-order chi connectivity index (χ0) is 10.2. The van der Waals surface area contributed by atoms with Crippen LogP contribution in [0.2, 0.25) is 0 Å². The number of rotatable bonds is 5. The van der Waals surface area contributed by atoms with E-state index in [4.69, 9.17) is 0 Å². The Morgan fingerprint density at radius 1 is 1.36 bits per heavy atom. The maximum Gasteiger partial charge on any atom is 0.251 e. The predicted molar refractivity (Wildman–Crippen MR) is 57.1 cm³/mol. The van der Waals surface area contributed by atoms with E-state index >= 15 is 0 Å². The highest BCUT2D eigenvalue weighted by Gasteiger charge is 2.01. The summed E-state index contributed by atoms with van der Waals surface area (Å²) < 4.78 is 0. The fourth-order valence-electron chi connectivity index (χ4n) is 1.22. The maximum absolute atomic E-state index is 11.5. The molecule has 0 aliphatic rings. The quantitative estimate of drug-likeness (QED) is 0.710. The van der Waals surface area contributed by atoms with Crippen molar-refractivity contribution in [2.45, 2.75) is 26.2 Å². The Balaban J connectivity index is 2.29. The molecular weight excluding hydrogens is 174 g/mol. The molecule has 1 rings (SSSR count). The zero-order valence-corrected chi connectivity index (χ0v) is 8.55. The van der Waals surface area contributed by atoms with Crippen LogP contribution in [-0.4, -0.2) is 12.5 Å². The first-order valence-electron chi connectivity index (χ1n) is 5.09. The van der Waals surface area contributed by atoms with Crippen molar-refractivity contribution in [3.05, 3.63) is 35.9 Å². The summed E-state index contributed by atoms with van der Waals surface area (Å²) in [6.07, 6.45) is 3.40. The second-order valence-corrected chi connectivity index (χ2v) is 3.25. The first-order valence-corrected chi connectivity index (χ1v) is 5.09. The Labute approximate surface area is 85.3 Å². The van der Waals surface area contributed by atoms with E-state index in [1.807, 2.05) is 0 Å². The topological polar surface area (TPSA) is 29.1 Å². The van der Waals surface area contributed by atoms with Crippen LogP contribution in [0.25, 0.3) is 0 Å². The lowest BCUT2D eigenvalue weighted by molar-refractivity contribution is 0.0953. The van der Waals surface area contributed by atoms with Gasteiger partial charge in [-0.25, -0.2) is 0 Å². The second-order valence-electron chi connectivity index (χ2n) is 3.25. The van der Waals surface area contributed by atoms with Gasteiger partial charge in [0.15, 0.2) is 0 Å². The van der Waals surface area contributed by atoms with Crippen molar-refractivity contribution in [3.8, 4) is 0 Å². The zero-order valence-electron chi connectivity index (χ0n) is 8.55. The van der Waals surface area contributed by atoms with Gasteiger partial charge in [0.2, 0.25) is 0 Å². The minimum atomic E-state index is 0.00935. The van der Waals surface area contributed by atoms with Gasteiger partial charge in [-0.3, -0.25) is 4.79 Å². The Morgan fingerprint density at radius 2 is 2.07 bits per heavy atom. The molecule has 14 heavy (non-hydrogen) atoms. The van der Waals surface area contributed by atoms with Crippen LogP contribution in [0.4, 0.5) is 0 Å². The average molecular weight is 190 g/mol. The number of unbranched alkanes of at least 4 members (excludes halogenated alkanes) is 2. The molecule has 1 aromatic rings. The molecule has 2 heteroatoms. The molecule has 1 amide bonds. The number of benzene rings is 1. The summed E-state index contributed by atoms with van der Waals surface area (Å²) in [6, 6.07) is 9.93. The van der Waals surface area contributed by atoms with Crippen LogP contribution in [-0.2, 0) is 0 Å².